The molecule has 2 N–H and O–H groups in total. The molecule has 0 atom stereocenters. The molecule has 0 fully saturated rings. The standard InChI is InChI=1S/C9H16O5/c1-3-5-9(7(10)11,8(12)13)6-14-4-2/h3-6H2,1-2H3,(H,10,11)(H,12,13). The Bertz CT molecular complexity index is 197. The van der Waals surface area contributed by atoms with Gasteiger partial charge < -0.3 is 14.9 Å². The summed E-state index contributed by atoms with van der Waals surface area (Å²) in [6.45, 7) is 3.47. The average Bonchev–Trinajstić information content (AvgIpc) is 2.11. The van der Waals surface area contributed by atoms with Crippen LogP contribution in [0.1, 0.15) is 26.7 Å². The Morgan fingerprint density at radius 3 is 2.00 bits per heavy atom. The lowest BCUT2D eigenvalue weighted by Crippen LogP contribution is -2.43. The molecule has 0 radical (unpaired) electrons. The summed E-state index contributed by atoms with van der Waals surface area (Å²) in [5.74, 6) is -2.67. The molecule has 0 saturated heterocycles. The van der Waals surface area contributed by atoms with Crippen molar-refractivity contribution < 1.29 is 24.5 Å². The van der Waals surface area contributed by atoms with Crippen molar-refractivity contribution in [2.75, 3.05) is 13.2 Å². The molecule has 0 heterocycles. The topological polar surface area (TPSA) is 83.8 Å². The van der Waals surface area contributed by atoms with Gasteiger partial charge in [-0.3, -0.25) is 9.59 Å². The fourth-order valence-corrected chi connectivity index (χ4v) is 1.20. The Morgan fingerprint density at radius 2 is 1.71 bits per heavy atom. The van der Waals surface area contributed by atoms with Crippen LogP contribution >= 0.6 is 0 Å². The van der Waals surface area contributed by atoms with Crippen LogP contribution in [0.3, 0.4) is 0 Å². The molecular formula is C9H16O5. The van der Waals surface area contributed by atoms with E-state index in [4.69, 9.17) is 14.9 Å². The number of hydrogen-bond acceptors (Lipinski definition) is 3. The molecule has 5 nitrogen and oxygen atoms in total. The van der Waals surface area contributed by atoms with E-state index in [9.17, 15) is 9.59 Å². The smallest absolute Gasteiger partial charge is 0.323 e. The van der Waals surface area contributed by atoms with E-state index in [2.05, 4.69) is 0 Å². The molecule has 0 aliphatic rings. The van der Waals surface area contributed by atoms with Gasteiger partial charge in [-0.1, -0.05) is 13.3 Å². The second kappa shape index (κ2) is 5.59. The summed E-state index contributed by atoms with van der Waals surface area (Å²) < 4.78 is 4.91. The predicted molar refractivity (Wildman–Crippen MR) is 49.1 cm³/mol. The van der Waals surface area contributed by atoms with Gasteiger partial charge in [0.2, 0.25) is 0 Å². The Labute approximate surface area is 82.7 Å². The first-order valence-electron chi connectivity index (χ1n) is 4.55. The number of aliphatic carboxylic acids is 2. The van der Waals surface area contributed by atoms with Gasteiger partial charge in [-0.15, -0.1) is 0 Å². The summed E-state index contributed by atoms with van der Waals surface area (Å²) in [6, 6.07) is 0. The quantitative estimate of drug-likeness (QED) is 0.604. The first kappa shape index (κ1) is 12.9. The van der Waals surface area contributed by atoms with Crippen LogP contribution in [-0.4, -0.2) is 35.4 Å². The van der Waals surface area contributed by atoms with E-state index in [1.807, 2.05) is 0 Å². The van der Waals surface area contributed by atoms with Crippen molar-refractivity contribution in [2.45, 2.75) is 26.7 Å². The molecule has 0 bridgehead atoms. The first-order valence-corrected chi connectivity index (χ1v) is 4.55. The third-order valence-electron chi connectivity index (χ3n) is 2.05. The van der Waals surface area contributed by atoms with E-state index in [-0.39, 0.29) is 13.0 Å². The van der Waals surface area contributed by atoms with Crippen molar-refractivity contribution in [3.05, 3.63) is 0 Å². The highest BCUT2D eigenvalue weighted by molar-refractivity contribution is 5.98. The Kier molecular flexibility index (Phi) is 5.15. The van der Waals surface area contributed by atoms with Crippen molar-refractivity contribution in [1.82, 2.24) is 0 Å². The van der Waals surface area contributed by atoms with Gasteiger partial charge >= 0.3 is 11.9 Å². The van der Waals surface area contributed by atoms with Crippen LogP contribution in [0.25, 0.3) is 0 Å². The van der Waals surface area contributed by atoms with Crippen molar-refractivity contribution in [2.24, 2.45) is 5.41 Å². The normalized spacial score (nSPS) is 11.3. The number of hydrogen-bond donors (Lipinski definition) is 2. The van der Waals surface area contributed by atoms with E-state index in [1.54, 1.807) is 13.8 Å². The molecule has 0 saturated carbocycles. The molecule has 0 aromatic carbocycles. The second-order valence-electron chi connectivity index (χ2n) is 3.08. The minimum absolute atomic E-state index is 0.0810. The van der Waals surface area contributed by atoms with Crippen LogP contribution < -0.4 is 0 Å². The van der Waals surface area contributed by atoms with Gasteiger partial charge in [0, 0.05) is 6.61 Å². The van der Waals surface area contributed by atoms with Gasteiger partial charge in [0.05, 0.1) is 6.61 Å². The maximum atomic E-state index is 10.9. The molecule has 82 valence electrons. The van der Waals surface area contributed by atoms with E-state index in [0.717, 1.165) is 0 Å². The van der Waals surface area contributed by atoms with Crippen LogP contribution in [-0.2, 0) is 14.3 Å². The predicted octanol–water partition coefficient (Wildman–Crippen LogP) is 0.979. The van der Waals surface area contributed by atoms with Gasteiger partial charge in [-0.2, -0.15) is 0 Å². The number of carbonyl (C=O) groups is 2. The van der Waals surface area contributed by atoms with Gasteiger partial charge in [0.15, 0.2) is 5.41 Å². The summed E-state index contributed by atoms with van der Waals surface area (Å²) in [5.41, 5.74) is -1.79. The third kappa shape index (κ3) is 2.70. The van der Waals surface area contributed by atoms with E-state index >= 15 is 0 Å². The monoisotopic (exact) mass is 204 g/mol. The third-order valence-corrected chi connectivity index (χ3v) is 2.05. The lowest BCUT2D eigenvalue weighted by molar-refractivity contribution is -0.170. The summed E-state index contributed by atoms with van der Waals surface area (Å²) in [4.78, 5) is 21.8. The zero-order chi connectivity index (χ0) is 11.2. The van der Waals surface area contributed by atoms with Crippen LogP contribution in [0.15, 0.2) is 0 Å². The highest BCUT2D eigenvalue weighted by Gasteiger charge is 2.46. The van der Waals surface area contributed by atoms with E-state index < -0.39 is 17.4 Å². The Hall–Kier alpha value is -1.10. The van der Waals surface area contributed by atoms with Gasteiger partial charge in [0.1, 0.15) is 0 Å². The van der Waals surface area contributed by atoms with Crippen molar-refractivity contribution >= 4 is 11.9 Å². The van der Waals surface area contributed by atoms with Crippen LogP contribution in [0.5, 0.6) is 0 Å². The highest BCUT2D eigenvalue weighted by Crippen LogP contribution is 2.25. The van der Waals surface area contributed by atoms with Crippen molar-refractivity contribution in [3.63, 3.8) is 0 Å². The molecule has 0 aromatic heterocycles. The number of carboxylic acids is 2. The SMILES string of the molecule is CCCC(COCC)(C(=O)O)C(=O)O. The minimum atomic E-state index is -1.79. The lowest BCUT2D eigenvalue weighted by Gasteiger charge is -2.23. The van der Waals surface area contributed by atoms with Crippen molar-refractivity contribution in [1.29, 1.82) is 0 Å². The van der Waals surface area contributed by atoms with E-state index in [0.29, 0.717) is 13.0 Å². The van der Waals surface area contributed by atoms with E-state index in [1.165, 1.54) is 0 Å². The maximum absolute atomic E-state index is 10.9. The first-order chi connectivity index (χ1) is 6.51. The fourth-order valence-electron chi connectivity index (χ4n) is 1.20. The minimum Gasteiger partial charge on any atom is -0.480 e. The highest BCUT2D eigenvalue weighted by atomic mass is 16.5. The molecular weight excluding hydrogens is 188 g/mol. The number of ether oxygens (including phenoxy) is 1. The Balaban J connectivity index is 4.75. The van der Waals surface area contributed by atoms with Crippen LogP contribution in [0.2, 0.25) is 0 Å². The Morgan fingerprint density at radius 1 is 1.21 bits per heavy atom. The maximum Gasteiger partial charge on any atom is 0.323 e. The van der Waals surface area contributed by atoms with Gasteiger partial charge in [-0.05, 0) is 13.3 Å². The molecule has 14 heavy (non-hydrogen) atoms. The molecule has 0 rings (SSSR count). The zero-order valence-corrected chi connectivity index (χ0v) is 8.45. The molecule has 0 aliphatic carbocycles. The second-order valence-corrected chi connectivity index (χ2v) is 3.08. The summed E-state index contributed by atoms with van der Waals surface area (Å²) in [7, 11) is 0. The largest absolute Gasteiger partial charge is 0.480 e. The van der Waals surface area contributed by atoms with Gasteiger partial charge in [-0.25, -0.2) is 0 Å². The molecule has 5 heteroatoms. The number of carboxylic acid groups (broad SMARTS) is 2. The van der Waals surface area contributed by atoms with Crippen LogP contribution in [0.4, 0.5) is 0 Å². The van der Waals surface area contributed by atoms with Crippen molar-refractivity contribution in [3.8, 4) is 0 Å². The van der Waals surface area contributed by atoms with Crippen LogP contribution in [0, 0.1) is 5.41 Å². The summed E-state index contributed by atoms with van der Waals surface area (Å²) >= 11 is 0. The fraction of sp³-hybridized carbons (Fsp3) is 0.778. The number of rotatable bonds is 7. The summed E-state index contributed by atoms with van der Waals surface area (Å²) in [5, 5.41) is 17.8. The van der Waals surface area contributed by atoms with Gasteiger partial charge in [0.25, 0.3) is 0 Å². The average molecular weight is 204 g/mol. The summed E-state index contributed by atoms with van der Waals surface area (Å²) in [6.07, 6.45) is 0.573. The zero-order valence-electron chi connectivity index (χ0n) is 8.45. The molecule has 0 spiro atoms. The lowest BCUT2D eigenvalue weighted by atomic mass is 9.84. The molecule has 0 aliphatic heterocycles. The molecule has 0 amide bonds. The molecule has 0 unspecified atom stereocenters. The molecule has 0 aromatic rings.